The Kier molecular flexibility index (Phi) is 7.13. The summed E-state index contributed by atoms with van der Waals surface area (Å²) in [5.41, 5.74) is 0. The van der Waals surface area contributed by atoms with Crippen LogP contribution in [0.25, 0.3) is 0 Å². The molecule has 1 aliphatic heterocycles. The minimum absolute atomic E-state index is 0.0328. The summed E-state index contributed by atoms with van der Waals surface area (Å²) in [6.07, 6.45) is 2.45. The molecule has 1 fully saturated rings. The van der Waals surface area contributed by atoms with Gasteiger partial charge in [0, 0.05) is 10.9 Å². The van der Waals surface area contributed by atoms with Gasteiger partial charge in [-0.15, -0.1) is 11.8 Å². The number of carbonyl (C=O) groups is 1. The number of carbonyl (C=O) groups excluding carboxylic acids is 1. The number of nitrogens with one attached hydrogen (secondary N) is 2. The predicted octanol–water partition coefficient (Wildman–Crippen LogP) is 2.22. The Morgan fingerprint density at radius 2 is 2.00 bits per heavy atom. The van der Waals surface area contributed by atoms with Crippen molar-refractivity contribution < 1.29 is 13.2 Å². The maximum absolute atomic E-state index is 12.4. The lowest BCUT2D eigenvalue weighted by Gasteiger charge is -2.25. The maximum Gasteiger partial charge on any atom is 0.233 e. The number of benzene rings is 1. The van der Waals surface area contributed by atoms with Crippen LogP contribution in [0.1, 0.15) is 33.1 Å². The second-order valence-corrected chi connectivity index (χ2v) is 9.52. The molecule has 7 heteroatoms. The Morgan fingerprint density at radius 1 is 1.33 bits per heavy atom. The summed E-state index contributed by atoms with van der Waals surface area (Å²) in [5, 5.41) is 6.01. The van der Waals surface area contributed by atoms with Crippen LogP contribution in [0.15, 0.2) is 34.1 Å². The lowest BCUT2D eigenvalue weighted by molar-refractivity contribution is -0.121. The summed E-state index contributed by atoms with van der Waals surface area (Å²) in [5.74, 6) is 0.0924. The first kappa shape index (κ1) is 19.3. The molecule has 1 aliphatic rings. The van der Waals surface area contributed by atoms with E-state index in [0.29, 0.717) is 16.2 Å². The maximum atomic E-state index is 12.4. The van der Waals surface area contributed by atoms with E-state index in [-0.39, 0.29) is 23.0 Å². The fourth-order valence-electron chi connectivity index (χ4n) is 2.71. The Hall–Kier alpha value is -1.05. The molecule has 0 aliphatic carbocycles. The number of piperidine rings is 1. The Labute approximate surface area is 148 Å². The van der Waals surface area contributed by atoms with Gasteiger partial charge < -0.3 is 10.6 Å². The number of sulfone groups is 1. The van der Waals surface area contributed by atoms with Gasteiger partial charge in [-0.05, 0) is 51.4 Å². The van der Waals surface area contributed by atoms with E-state index in [1.54, 1.807) is 18.2 Å². The molecule has 24 heavy (non-hydrogen) atoms. The molecule has 0 saturated carbocycles. The Balaban J connectivity index is 2.06. The van der Waals surface area contributed by atoms with Crippen LogP contribution in [0.5, 0.6) is 0 Å². The zero-order valence-corrected chi connectivity index (χ0v) is 15.9. The van der Waals surface area contributed by atoms with E-state index in [9.17, 15) is 13.2 Å². The molecule has 1 aromatic carbocycles. The molecule has 0 bridgehead atoms. The molecule has 2 N–H and O–H groups in total. The van der Waals surface area contributed by atoms with Crippen molar-refractivity contribution in [3.8, 4) is 0 Å². The highest BCUT2D eigenvalue weighted by molar-refractivity contribution is 8.01. The van der Waals surface area contributed by atoms with Gasteiger partial charge in [0.2, 0.25) is 5.91 Å². The third-order valence-electron chi connectivity index (χ3n) is 4.02. The van der Waals surface area contributed by atoms with Gasteiger partial charge in [-0.1, -0.05) is 19.1 Å². The van der Waals surface area contributed by atoms with Gasteiger partial charge in [0.05, 0.1) is 15.9 Å². The zero-order valence-electron chi connectivity index (χ0n) is 14.2. The van der Waals surface area contributed by atoms with Crippen molar-refractivity contribution in [1.29, 1.82) is 0 Å². The van der Waals surface area contributed by atoms with Crippen molar-refractivity contribution >= 4 is 27.5 Å². The number of hydrogen-bond acceptors (Lipinski definition) is 5. The first-order valence-electron chi connectivity index (χ1n) is 8.43. The largest absolute Gasteiger partial charge is 0.352 e. The quantitative estimate of drug-likeness (QED) is 0.720. The smallest absolute Gasteiger partial charge is 0.233 e. The van der Waals surface area contributed by atoms with Crippen molar-refractivity contribution in [1.82, 2.24) is 10.6 Å². The van der Waals surface area contributed by atoms with Gasteiger partial charge >= 0.3 is 0 Å². The zero-order chi connectivity index (χ0) is 17.6. The van der Waals surface area contributed by atoms with E-state index in [2.05, 4.69) is 10.6 Å². The van der Waals surface area contributed by atoms with Crippen molar-refractivity contribution in [3.05, 3.63) is 24.3 Å². The van der Waals surface area contributed by atoms with Crippen molar-refractivity contribution in [2.24, 2.45) is 0 Å². The number of thioether (sulfide) groups is 1. The second-order valence-electron chi connectivity index (χ2n) is 6.06. The fraction of sp³-hybridized carbons (Fsp3) is 0.588. The van der Waals surface area contributed by atoms with Crippen LogP contribution in [-0.2, 0) is 14.6 Å². The molecule has 0 radical (unpaired) electrons. The first-order chi connectivity index (χ1) is 11.4. The molecule has 1 amide bonds. The van der Waals surface area contributed by atoms with Gasteiger partial charge in [0.25, 0.3) is 0 Å². The summed E-state index contributed by atoms with van der Waals surface area (Å²) in [6, 6.07) is 7.16. The van der Waals surface area contributed by atoms with E-state index in [4.69, 9.17) is 0 Å². The molecule has 1 unspecified atom stereocenters. The van der Waals surface area contributed by atoms with Gasteiger partial charge in [0.15, 0.2) is 9.84 Å². The molecule has 1 atom stereocenters. The third-order valence-corrected chi connectivity index (χ3v) is 7.29. The summed E-state index contributed by atoms with van der Waals surface area (Å²) in [7, 11) is -3.30. The van der Waals surface area contributed by atoms with Gasteiger partial charge in [0.1, 0.15) is 0 Å². The summed E-state index contributed by atoms with van der Waals surface area (Å²) in [4.78, 5) is 13.4. The summed E-state index contributed by atoms with van der Waals surface area (Å²) < 4.78 is 24.8. The minimum atomic E-state index is -3.30. The van der Waals surface area contributed by atoms with Crippen LogP contribution < -0.4 is 10.6 Å². The van der Waals surface area contributed by atoms with Crippen LogP contribution in [0.2, 0.25) is 0 Å². The van der Waals surface area contributed by atoms with Crippen molar-refractivity contribution in [2.45, 2.75) is 54.2 Å². The number of hydrogen-bond donors (Lipinski definition) is 2. The van der Waals surface area contributed by atoms with E-state index in [1.165, 1.54) is 11.8 Å². The monoisotopic (exact) mass is 370 g/mol. The Morgan fingerprint density at radius 3 is 2.67 bits per heavy atom. The molecule has 1 aromatic rings. The average Bonchev–Trinajstić information content (AvgIpc) is 2.56. The van der Waals surface area contributed by atoms with Crippen LogP contribution in [0.3, 0.4) is 0 Å². The van der Waals surface area contributed by atoms with E-state index in [1.807, 2.05) is 19.9 Å². The average molecular weight is 371 g/mol. The van der Waals surface area contributed by atoms with Crippen LogP contribution in [0.4, 0.5) is 0 Å². The van der Waals surface area contributed by atoms with Crippen LogP contribution >= 0.6 is 11.8 Å². The van der Waals surface area contributed by atoms with Crippen LogP contribution in [-0.4, -0.2) is 44.5 Å². The molecule has 0 spiro atoms. The highest BCUT2D eigenvalue weighted by Gasteiger charge is 2.23. The molecular formula is C17H26N2O3S2. The fourth-order valence-corrected chi connectivity index (χ4v) is 5.55. The predicted molar refractivity (Wildman–Crippen MR) is 98.1 cm³/mol. The third kappa shape index (κ3) is 5.22. The summed E-state index contributed by atoms with van der Waals surface area (Å²) >= 11 is 1.31. The number of rotatable bonds is 7. The normalized spacial score (nSPS) is 17.4. The molecule has 5 nitrogen and oxygen atoms in total. The molecule has 2 rings (SSSR count). The van der Waals surface area contributed by atoms with Gasteiger partial charge in [-0.2, -0.15) is 0 Å². The van der Waals surface area contributed by atoms with Gasteiger partial charge in [-0.3, -0.25) is 4.79 Å². The topological polar surface area (TPSA) is 75.3 Å². The number of amides is 1. The van der Waals surface area contributed by atoms with E-state index < -0.39 is 9.84 Å². The van der Waals surface area contributed by atoms with Crippen LogP contribution in [0, 0.1) is 0 Å². The SMILES string of the molecule is CCCS(=O)(=O)c1ccccc1SC(C)C(=O)NC1CCNCC1. The molecule has 134 valence electrons. The second kappa shape index (κ2) is 8.87. The van der Waals surface area contributed by atoms with Crippen molar-refractivity contribution in [3.63, 3.8) is 0 Å². The lowest BCUT2D eigenvalue weighted by Crippen LogP contribution is -2.45. The Bertz CT molecular complexity index is 656. The lowest BCUT2D eigenvalue weighted by atomic mass is 10.1. The summed E-state index contributed by atoms with van der Waals surface area (Å²) in [6.45, 7) is 5.52. The standard InChI is InChI=1S/C17H26N2O3S2/c1-3-12-24(21,22)16-7-5-4-6-15(16)23-13(2)17(20)19-14-8-10-18-11-9-14/h4-7,13-14,18H,3,8-12H2,1-2H3,(H,19,20). The molecular weight excluding hydrogens is 344 g/mol. The molecule has 1 saturated heterocycles. The van der Waals surface area contributed by atoms with E-state index in [0.717, 1.165) is 25.9 Å². The van der Waals surface area contributed by atoms with Gasteiger partial charge in [-0.25, -0.2) is 8.42 Å². The highest BCUT2D eigenvalue weighted by Crippen LogP contribution is 2.30. The molecule has 0 aromatic heterocycles. The molecule has 1 heterocycles. The van der Waals surface area contributed by atoms with E-state index >= 15 is 0 Å². The minimum Gasteiger partial charge on any atom is -0.352 e. The highest BCUT2D eigenvalue weighted by atomic mass is 32.2. The van der Waals surface area contributed by atoms with Crippen molar-refractivity contribution in [2.75, 3.05) is 18.8 Å². The first-order valence-corrected chi connectivity index (χ1v) is 11.0.